The van der Waals surface area contributed by atoms with E-state index in [4.69, 9.17) is 14.2 Å². The molecular weight excluding hydrogens is 510 g/mol. The zero-order valence-electron chi connectivity index (χ0n) is 22.8. The molecule has 0 bridgehead atoms. The van der Waals surface area contributed by atoms with Crippen molar-refractivity contribution in [2.75, 3.05) is 33.5 Å². The van der Waals surface area contributed by atoms with Gasteiger partial charge in [-0.1, -0.05) is 49.4 Å². The van der Waals surface area contributed by atoms with Crippen LogP contribution in [0.25, 0.3) is 12.2 Å². The van der Waals surface area contributed by atoms with Crippen LogP contribution in [0.15, 0.2) is 60.8 Å². The first kappa shape index (κ1) is 27.2. The third-order valence-corrected chi connectivity index (χ3v) is 7.23. The summed E-state index contributed by atoms with van der Waals surface area (Å²) in [5.74, 6) is 0.753. The van der Waals surface area contributed by atoms with E-state index in [9.17, 15) is 14.7 Å². The molecule has 3 atom stereocenters. The lowest BCUT2D eigenvalue weighted by Crippen LogP contribution is -2.50. The van der Waals surface area contributed by atoms with E-state index in [-0.39, 0.29) is 43.6 Å². The Hall–Kier alpha value is -4.37. The molecule has 208 valence electrons. The molecule has 0 aliphatic carbocycles. The number of aliphatic hydroxyl groups is 1. The molecule has 0 spiro atoms. The number of rotatable bonds is 7. The number of carbonyl (C=O) groups excluding carboxylic acids is 2. The minimum atomic E-state index is -0.457. The Labute approximate surface area is 233 Å². The van der Waals surface area contributed by atoms with Crippen molar-refractivity contribution in [3.8, 4) is 17.4 Å². The van der Waals surface area contributed by atoms with E-state index in [1.807, 2.05) is 56.3 Å². The quantitative estimate of drug-likeness (QED) is 0.481. The first-order valence-corrected chi connectivity index (χ1v) is 13.3. The molecule has 3 heterocycles. The number of amides is 2. The number of likely N-dealkylation sites (N-methyl/N-ethyl adjacent to an activating group) is 1. The van der Waals surface area contributed by atoms with Gasteiger partial charge in [-0.05, 0) is 42.3 Å². The minimum Gasteiger partial charge on any atom is -0.472 e. The van der Waals surface area contributed by atoms with E-state index in [0.717, 1.165) is 11.1 Å². The number of hydrogen-bond donors (Lipinski definition) is 1. The van der Waals surface area contributed by atoms with Gasteiger partial charge >= 0.3 is 0 Å². The molecule has 2 aliphatic heterocycles. The van der Waals surface area contributed by atoms with Gasteiger partial charge in [0.05, 0.1) is 19.2 Å². The van der Waals surface area contributed by atoms with Crippen LogP contribution in [0.5, 0.6) is 17.4 Å². The predicted molar refractivity (Wildman–Crippen MR) is 150 cm³/mol. The number of benzene rings is 2. The molecule has 5 rings (SSSR count). The van der Waals surface area contributed by atoms with E-state index in [1.54, 1.807) is 47.3 Å². The van der Waals surface area contributed by atoms with E-state index in [2.05, 4.69) is 4.98 Å². The summed E-state index contributed by atoms with van der Waals surface area (Å²) in [5.41, 5.74) is 2.56. The number of nitrogens with zero attached hydrogens (tertiary/aromatic N) is 3. The zero-order valence-corrected chi connectivity index (χ0v) is 22.8. The molecule has 2 aromatic carbocycles. The van der Waals surface area contributed by atoms with Crippen molar-refractivity contribution in [3.05, 3.63) is 83.0 Å². The maximum atomic E-state index is 13.7. The fourth-order valence-electron chi connectivity index (χ4n) is 4.79. The third kappa shape index (κ3) is 5.79. The van der Waals surface area contributed by atoms with E-state index < -0.39 is 12.1 Å². The van der Waals surface area contributed by atoms with Crippen LogP contribution in [0.1, 0.15) is 45.7 Å². The minimum absolute atomic E-state index is 0.133. The summed E-state index contributed by atoms with van der Waals surface area (Å²) < 4.78 is 17.1. The molecule has 3 aromatic rings. The van der Waals surface area contributed by atoms with Crippen LogP contribution in [-0.4, -0.2) is 77.4 Å². The number of aliphatic hydroxyl groups excluding tert-OH is 1. The van der Waals surface area contributed by atoms with E-state index >= 15 is 0 Å². The maximum absolute atomic E-state index is 13.7. The molecule has 9 nitrogen and oxygen atoms in total. The lowest BCUT2D eigenvalue weighted by atomic mass is 9.99. The highest BCUT2D eigenvalue weighted by Gasteiger charge is 2.35. The lowest BCUT2D eigenvalue weighted by Gasteiger charge is -2.37. The zero-order chi connectivity index (χ0) is 28.2. The molecule has 0 saturated carbocycles. The second-order valence-corrected chi connectivity index (χ2v) is 10.2. The summed E-state index contributed by atoms with van der Waals surface area (Å²) in [5, 5.41) is 9.92. The van der Waals surface area contributed by atoms with Crippen molar-refractivity contribution in [1.29, 1.82) is 0 Å². The SMILES string of the molecule is C[C@H](CO)N1C[C@H](C)[C@@H](CN(C)C(=O)c2ccc3c(c2)OCO3)Oc2ncc(/C=C/c3ccccc3)cc2C1=O. The van der Waals surface area contributed by atoms with Crippen molar-refractivity contribution in [2.45, 2.75) is 26.0 Å². The Kier molecular flexibility index (Phi) is 8.02. The first-order valence-electron chi connectivity index (χ1n) is 13.3. The van der Waals surface area contributed by atoms with Gasteiger partial charge in [0.15, 0.2) is 11.5 Å². The molecule has 0 saturated heterocycles. The molecular formula is C31H33N3O6. The summed E-state index contributed by atoms with van der Waals surface area (Å²) >= 11 is 0. The lowest BCUT2D eigenvalue weighted by molar-refractivity contribution is 0.0313. The molecule has 9 heteroatoms. The molecule has 40 heavy (non-hydrogen) atoms. The third-order valence-electron chi connectivity index (χ3n) is 7.23. The second-order valence-electron chi connectivity index (χ2n) is 10.2. The van der Waals surface area contributed by atoms with Gasteiger partial charge in [0.25, 0.3) is 11.8 Å². The van der Waals surface area contributed by atoms with Crippen LogP contribution < -0.4 is 14.2 Å². The number of ether oxygens (including phenoxy) is 3. The molecule has 2 aliphatic rings. The van der Waals surface area contributed by atoms with Gasteiger partial charge < -0.3 is 29.1 Å². The van der Waals surface area contributed by atoms with Gasteiger partial charge in [-0.3, -0.25) is 9.59 Å². The van der Waals surface area contributed by atoms with Gasteiger partial charge in [0.1, 0.15) is 11.7 Å². The van der Waals surface area contributed by atoms with Gasteiger partial charge in [0.2, 0.25) is 12.7 Å². The summed E-state index contributed by atoms with van der Waals surface area (Å²) in [4.78, 5) is 34.7. The smallest absolute Gasteiger partial charge is 0.259 e. The molecule has 1 N–H and O–H groups in total. The Morgan fingerprint density at radius 3 is 2.65 bits per heavy atom. The summed E-state index contributed by atoms with van der Waals surface area (Å²) in [6, 6.07) is 16.3. The topological polar surface area (TPSA) is 101 Å². The highest BCUT2D eigenvalue weighted by Crippen LogP contribution is 2.33. The van der Waals surface area contributed by atoms with Crippen LogP contribution in [0, 0.1) is 5.92 Å². The Bertz CT molecular complexity index is 1410. The van der Waals surface area contributed by atoms with Gasteiger partial charge in [-0.2, -0.15) is 0 Å². The van der Waals surface area contributed by atoms with Crippen LogP contribution in [0.3, 0.4) is 0 Å². The Balaban J connectivity index is 1.41. The summed E-state index contributed by atoms with van der Waals surface area (Å²) in [6.07, 6.45) is 5.05. The molecule has 2 amide bonds. The largest absolute Gasteiger partial charge is 0.472 e. The van der Waals surface area contributed by atoms with Gasteiger partial charge in [0, 0.05) is 31.3 Å². The molecule has 0 unspecified atom stereocenters. The second kappa shape index (κ2) is 11.8. The fourth-order valence-corrected chi connectivity index (χ4v) is 4.79. The number of hydrogen-bond acceptors (Lipinski definition) is 7. The molecule has 0 fully saturated rings. The van der Waals surface area contributed by atoms with Crippen molar-refractivity contribution < 1.29 is 28.9 Å². The summed E-state index contributed by atoms with van der Waals surface area (Å²) in [7, 11) is 1.72. The number of pyridine rings is 1. The number of carbonyl (C=O) groups is 2. The van der Waals surface area contributed by atoms with E-state index in [1.165, 1.54) is 0 Å². The van der Waals surface area contributed by atoms with Crippen LogP contribution >= 0.6 is 0 Å². The normalized spacial score (nSPS) is 19.0. The predicted octanol–water partition coefficient (Wildman–Crippen LogP) is 3.97. The van der Waals surface area contributed by atoms with Crippen molar-refractivity contribution in [3.63, 3.8) is 0 Å². The van der Waals surface area contributed by atoms with Crippen molar-refractivity contribution in [1.82, 2.24) is 14.8 Å². The maximum Gasteiger partial charge on any atom is 0.259 e. The number of aromatic nitrogens is 1. The van der Waals surface area contributed by atoms with Gasteiger partial charge in [-0.15, -0.1) is 0 Å². The van der Waals surface area contributed by atoms with Crippen LogP contribution in [0.4, 0.5) is 0 Å². The fraction of sp³-hybridized carbons (Fsp3) is 0.323. The van der Waals surface area contributed by atoms with Crippen LogP contribution in [-0.2, 0) is 0 Å². The Morgan fingerprint density at radius 1 is 1.12 bits per heavy atom. The highest BCUT2D eigenvalue weighted by atomic mass is 16.7. The van der Waals surface area contributed by atoms with Crippen LogP contribution in [0.2, 0.25) is 0 Å². The highest BCUT2D eigenvalue weighted by molar-refractivity contribution is 5.97. The first-order chi connectivity index (χ1) is 19.3. The number of fused-ring (bicyclic) bond motifs is 2. The van der Waals surface area contributed by atoms with E-state index in [0.29, 0.717) is 29.2 Å². The standard InChI is InChI=1S/C31H33N3O6/c1-20-16-34(21(2)18-35)31(37)25-13-23(10-9-22-7-5-4-6-8-22)15-32-29(25)40-28(20)17-33(3)30(36)24-11-12-26-27(14-24)39-19-38-26/h4-15,20-21,28,35H,16-19H2,1-3H3/b10-9+/t20-,21+,28+/m0/s1. The van der Waals surface area contributed by atoms with Crippen molar-refractivity contribution in [2.24, 2.45) is 5.92 Å². The van der Waals surface area contributed by atoms with Crippen molar-refractivity contribution >= 4 is 24.0 Å². The average Bonchev–Trinajstić information content (AvgIpc) is 3.45. The Morgan fingerprint density at radius 2 is 1.88 bits per heavy atom. The average molecular weight is 544 g/mol. The molecule has 1 aromatic heterocycles. The molecule has 0 radical (unpaired) electrons. The van der Waals surface area contributed by atoms with Gasteiger partial charge in [-0.25, -0.2) is 4.98 Å². The summed E-state index contributed by atoms with van der Waals surface area (Å²) in [6.45, 7) is 4.35. The monoisotopic (exact) mass is 543 g/mol.